The number of morpholine rings is 1. The highest BCUT2D eigenvalue weighted by molar-refractivity contribution is 5.81. The van der Waals surface area contributed by atoms with Gasteiger partial charge in [0.2, 0.25) is 0 Å². The fraction of sp³-hybridized carbons (Fsp3) is 0.909. The lowest BCUT2D eigenvalue weighted by Gasteiger charge is -2.41. The van der Waals surface area contributed by atoms with Crippen molar-refractivity contribution < 1.29 is 9.53 Å². The molecule has 1 unspecified atom stereocenters. The molecule has 1 saturated carbocycles. The SMILES string of the molecule is CC1(C)CN(C2CCC(=O)C2)CCO1. The van der Waals surface area contributed by atoms with Crippen LogP contribution < -0.4 is 0 Å². The van der Waals surface area contributed by atoms with E-state index in [4.69, 9.17) is 4.74 Å². The van der Waals surface area contributed by atoms with Crippen LogP contribution in [0, 0.1) is 0 Å². The van der Waals surface area contributed by atoms with Gasteiger partial charge in [-0.2, -0.15) is 0 Å². The normalized spacial score (nSPS) is 33.6. The second kappa shape index (κ2) is 3.63. The van der Waals surface area contributed by atoms with Crippen molar-refractivity contribution in [1.29, 1.82) is 0 Å². The third-order valence-electron chi connectivity index (χ3n) is 3.19. The van der Waals surface area contributed by atoms with E-state index in [0.717, 1.165) is 39.0 Å². The molecule has 2 fully saturated rings. The Kier molecular flexibility index (Phi) is 2.62. The number of ketones is 1. The number of hydrogen-bond acceptors (Lipinski definition) is 3. The molecule has 0 bridgehead atoms. The molecule has 1 aliphatic carbocycles. The van der Waals surface area contributed by atoms with Crippen LogP contribution in [-0.2, 0) is 9.53 Å². The lowest BCUT2D eigenvalue weighted by atomic mass is 10.0. The highest BCUT2D eigenvalue weighted by Crippen LogP contribution is 2.25. The number of carbonyl (C=O) groups excluding carboxylic acids is 1. The van der Waals surface area contributed by atoms with Crippen LogP contribution in [-0.4, -0.2) is 42.0 Å². The van der Waals surface area contributed by atoms with Gasteiger partial charge in [-0.05, 0) is 20.3 Å². The van der Waals surface area contributed by atoms with Crippen LogP contribution in [0.2, 0.25) is 0 Å². The van der Waals surface area contributed by atoms with Gasteiger partial charge in [0.05, 0.1) is 12.2 Å². The first-order chi connectivity index (χ1) is 6.57. The van der Waals surface area contributed by atoms with Crippen LogP contribution in [0.15, 0.2) is 0 Å². The molecule has 1 saturated heterocycles. The Hall–Kier alpha value is -0.410. The molecular weight excluding hydrogens is 178 g/mol. The van der Waals surface area contributed by atoms with Gasteiger partial charge in [0.25, 0.3) is 0 Å². The summed E-state index contributed by atoms with van der Waals surface area (Å²) >= 11 is 0. The summed E-state index contributed by atoms with van der Waals surface area (Å²) in [6, 6.07) is 0.491. The molecule has 0 radical (unpaired) electrons. The average Bonchev–Trinajstić information content (AvgIpc) is 2.50. The highest BCUT2D eigenvalue weighted by Gasteiger charge is 2.34. The zero-order valence-electron chi connectivity index (χ0n) is 9.08. The monoisotopic (exact) mass is 197 g/mol. The van der Waals surface area contributed by atoms with E-state index in [1.54, 1.807) is 0 Å². The van der Waals surface area contributed by atoms with Crippen molar-refractivity contribution in [3.8, 4) is 0 Å². The highest BCUT2D eigenvalue weighted by atomic mass is 16.5. The molecule has 2 rings (SSSR count). The molecule has 1 atom stereocenters. The van der Waals surface area contributed by atoms with E-state index < -0.39 is 0 Å². The molecule has 0 aromatic heterocycles. The summed E-state index contributed by atoms with van der Waals surface area (Å²) in [5, 5.41) is 0. The largest absolute Gasteiger partial charge is 0.373 e. The molecule has 2 aliphatic rings. The summed E-state index contributed by atoms with van der Waals surface area (Å²) < 4.78 is 5.66. The zero-order chi connectivity index (χ0) is 10.2. The molecule has 0 N–H and O–H groups in total. The summed E-state index contributed by atoms with van der Waals surface area (Å²) in [5.41, 5.74) is -0.0378. The van der Waals surface area contributed by atoms with Crippen molar-refractivity contribution in [1.82, 2.24) is 4.90 Å². The van der Waals surface area contributed by atoms with Gasteiger partial charge in [0.15, 0.2) is 0 Å². The third kappa shape index (κ3) is 2.15. The van der Waals surface area contributed by atoms with Gasteiger partial charge in [0, 0.05) is 32.0 Å². The van der Waals surface area contributed by atoms with Gasteiger partial charge >= 0.3 is 0 Å². The van der Waals surface area contributed by atoms with Gasteiger partial charge in [-0.1, -0.05) is 0 Å². The summed E-state index contributed by atoms with van der Waals surface area (Å²) in [6.07, 6.45) is 2.59. The second-order valence-corrected chi connectivity index (χ2v) is 5.01. The number of ether oxygens (including phenoxy) is 1. The van der Waals surface area contributed by atoms with Crippen LogP contribution in [0.5, 0.6) is 0 Å². The van der Waals surface area contributed by atoms with Crippen LogP contribution >= 0.6 is 0 Å². The minimum atomic E-state index is -0.0378. The summed E-state index contributed by atoms with van der Waals surface area (Å²) in [4.78, 5) is 13.6. The number of carbonyl (C=O) groups is 1. The standard InChI is InChI=1S/C11H19NO2/c1-11(2)8-12(5-6-14-11)9-3-4-10(13)7-9/h9H,3-8H2,1-2H3. The Bertz CT molecular complexity index is 237. The van der Waals surface area contributed by atoms with Crippen molar-refractivity contribution in [3.63, 3.8) is 0 Å². The van der Waals surface area contributed by atoms with Gasteiger partial charge in [-0.3, -0.25) is 9.69 Å². The summed E-state index contributed by atoms with van der Waals surface area (Å²) in [6.45, 7) is 7.00. The topological polar surface area (TPSA) is 29.5 Å². The molecule has 1 heterocycles. The molecule has 0 amide bonds. The van der Waals surface area contributed by atoms with Crippen molar-refractivity contribution in [2.45, 2.75) is 44.8 Å². The van der Waals surface area contributed by atoms with E-state index in [1.807, 2.05) is 0 Å². The minimum Gasteiger partial charge on any atom is -0.373 e. The smallest absolute Gasteiger partial charge is 0.134 e. The zero-order valence-corrected chi connectivity index (χ0v) is 9.08. The minimum absolute atomic E-state index is 0.0378. The van der Waals surface area contributed by atoms with Gasteiger partial charge in [-0.25, -0.2) is 0 Å². The molecule has 3 heteroatoms. The molecule has 80 valence electrons. The van der Waals surface area contributed by atoms with Crippen molar-refractivity contribution in [2.75, 3.05) is 19.7 Å². The lowest BCUT2D eigenvalue weighted by Crippen LogP contribution is -2.51. The quantitative estimate of drug-likeness (QED) is 0.633. The van der Waals surface area contributed by atoms with E-state index in [2.05, 4.69) is 18.7 Å². The predicted octanol–water partition coefficient (Wildman–Crippen LogP) is 1.22. The Labute approximate surface area is 85.4 Å². The third-order valence-corrected chi connectivity index (χ3v) is 3.19. The summed E-state index contributed by atoms with van der Waals surface area (Å²) in [5.74, 6) is 0.430. The van der Waals surface area contributed by atoms with E-state index in [-0.39, 0.29) is 5.60 Å². The Morgan fingerprint density at radius 1 is 1.50 bits per heavy atom. The molecule has 1 aliphatic heterocycles. The molecular formula is C11H19NO2. The van der Waals surface area contributed by atoms with E-state index in [1.165, 1.54) is 0 Å². The average molecular weight is 197 g/mol. The fourth-order valence-corrected chi connectivity index (χ4v) is 2.47. The maximum atomic E-state index is 11.2. The second-order valence-electron chi connectivity index (χ2n) is 5.01. The fourth-order valence-electron chi connectivity index (χ4n) is 2.47. The van der Waals surface area contributed by atoms with Crippen molar-refractivity contribution in [2.24, 2.45) is 0 Å². The number of rotatable bonds is 1. The summed E-state index contributed by atoms with van der Waals surface area (Å²) in [7, 11) is 0. The Morgan fingerprint density at radius 2 is 2.29 bits per heavy atom. The van der Waals surface area contributed by atoms with Crippen molar-refractivity contribution in [3.05, 3.63) is 0 Å². The first kappa shape index (κ1) is 10.1. The number of Topliss-reactive ketones (excluding diaryl/α,β-unsaturated/α-hetero) is 1. The lowest BCUT2D eigenvalue weighted by molar-refractivity contribution is -0.119. The Balaban J connectivity index is 1.94. The van der Waals surface area contributed by atoms with Crippen LogP contribution in [0.4, 0.5) is 0 Å². The van der Waals surface area contributed by atoms with Crippen LogP contribution in [0.3, 0.4) is 0 Å². The molecule has 0 aromatic carbocycles. The maximum absolute atomic E-state index is 11.2. The van der Waals surface area contributed by atoms with Crippen LogP contribution in [0.1, 0.15) is 33.1 Å². The molecule has 14 heavy (non-hydrogen) atoms. The van der Waals surface area contributed by atoms with Gasteiger partial charge in [0.1, 0.15) is 5.78 Å². The van der Waals surface area contributed by atoms with Crippen molar-refractivity contribution >= 4 is 5.78 Å². The van der Waals surface area contributed by atoms with Gasteiger partial charge < -0.3 is 4.74 Å². The number of hydrogen-bond donors (Lipinski definition) is 0. The Morgan fingerprint density at radius 3 is 2.86 bits per heavy atom. The first-order valence-electron chi connectivity index (χ1n) is 5.46. The van der Waals surface area contributed by atoms with E-state index >= 15 is 0 Å². The number of nitrogens with zero attached hydrogens (tertiary/aromatic N) is 1. The maximum Gasteiger partial charge on any atom is 0.134 e. The molecule has 0 spiro atoms. The molecule has 3 nitrogen and oxygen atoms in total. The predicted molar refractivity (Wildman–Crippen MR) is 54.3 cm³/mol. The van der Waals surface area contributed by atoms with E-state index in [9.17, 15) is 4.79 Å². The van der Waals surface area contributed by atoms with Crippen LogP contribution in [0.25, 0.3) is 0 Å². The van der Waals surface area contributed by atoms with Gasteiger partial charge in [-0.15, -0.1) is 0 Å². The van der Waals surface area contributed by atoms with E-state index in [0.29, 0.717) is 11.8 Å². The first-order valence-corrected chi connectivity index (χ1v) is 5.46. The molecule has 0 aromatic rings.